The standard InChI is InChI=1S/C23H22O3/c1-16(2)17-3-5-18(6-4-17)23(19-7-11-21(25)12-8-19)20-9-13-22(14-10-20)26-15-24/h3-16,23,25H,1-2H3. The van der Waals surface area contributed by atoms with Crippen molar-refractivity contribution in [2.24, 2.45) is 0 Å². The van der Waals surface area contributed by atoms with E-state index in [0.29, 0.717) is 18.1 Å². The van der Waals surface area contributed by atoms with Gasteiger partial charge in [0.1, 0.15) is 11.5 Å². The van der Waals surface area contributed by atoms with E-state index in [1.807, 2.05) is 24.3 Å². The lowest BCUT2D eigenvalue weighted by atomic mass is 9.84. The minimum absolute atomic E-state index is 0.0297. The molecule has 0 amide bonds. The van der Waals surface area contributed by atoms with Gasteiger partial charge in [0, 0.05) is 5.92 Å². The molecule has 0 saturated carbocycles. The van der Waals surface area contributed by atoms with Gasteiger partial charge < -0.3 is 9.84 Å². The minimum atomic E-state index is 0.0297. The third-order valence-corrected chi connectivity index (χ3v) is 4.56. The number of phenols is 1. The number of phenolic OH excluding ortho intramolecular Hbond substituents is 1. The second kappa shape index (κ2) is 7.87. The van der Waals surface area contributed by atoms with Crippen LogP contribution < -0.4 is 4.74 Å². The van der Waals surface area contributed by atoms with Crippen LogP contribution in [0.4, 0.5) is 0 Å². The number of benzene rings is 3. The molecule has 0 saturated heterocycles. The smallest absolute Gasteiger partial charge is 0.298 e. The Labute approximate surface area is 153 Å². The summed E-state index contributed by atoms with van der Waals surface area (Å²) in [4.78, 5) is 10.5. The summed E-state index contributed by atoms with van der Waals surface area (Å²) in [7, 11) is 0. The number of aromatic hydroxyl groups is 1. The highest BCUT2D eigenvalue weighted by Gasteiger charge is 2.17. The quantitative estimate of drug-likeness (QED) is 0.491. The predicted molar refractivity (Wildman–Crippen MR) is 103 cm³/mol. The van der Waals surface area contributed by atoms with Gasteiger partial charge in [-0.3, -0.25) is 4.79 Å². The maximum atomic E-state index is 10.5. The fourth-order valence-corrected chi connectivity index (χ4v) is 3.11. The highest BCUT2D eigenvalue weighted by atomic mass is 16.5. The molecule has 3 aromatic rings. The van der Waals surface area contributed by atoms with Crippen LogP contribution in [0.5, 0.6) is 11.5 Å². The number of carbonyl (C=O) groups excluding carboxylic acids is 1. The molecular weight excluding hydrogens is 324 g/mol. The Kier molecular flexibility index (Phi) is 5.37. The molecule has 0 aliphatic heterocycles. The van der Waals surface area contributed by atoms with E-state index in [2.05, 4.69) is 38.1 Å². The van der Waals surface area contributed by atoms with Crippen LogP contribution in [-0.2, 0) is 4.79 Å². The first-order valence-electron chi connectivity index (χ1n) is 8.67. The first kappa shape index (κ1) is 17.7. The Morgan fingerprint density at radius 1 is 0.731 bits per heavy atom. The fraction of sp³-hybridized carbons (Fsp3) is 0.174. The normalized spacial score (nSPS) is 12.0. The van der Waals surface area contributed by atoms with Crippen LogP contribution in [0.1, 0.15) is 47.9 Å². The van der Waals surface area contributed by atoms with Crippen LogP contribution in [0, 0.1) is 0 Å². The lowest BCUT2D eigenvalue weighted by Crippen LogP contribution is -2.04. The van der Waals surface area contributed by atoms with Gasteiger partial charge in [-0.05, 0) is 52.4 Å². The molecule has 0 bridgehead atoms. The predicted octanol–water partition coefficient (Wildman–Crippen LogP) is 5.23. The summed E-state index contributed by atoms with van der Waals surface area (Å²) < 4.78 is 4.90. The molecule has 1 unspecified atom stereocenters. The van der Waals surface area contributed by atoms with Crippen molar-refractivity contribution in [3.8, 4) is 11.5 Å². The van der Waals surface area contributed by atoms with Crippen LogP contribution in [0.15, 0.2) is 72.8 Å². The zero-order valence-corrected chi connectivity index (χ0v) is 14.9. The molecule has 26 heavy (non-hydrogen) atoms. The van der Waals surface area contributed by atoms with Crippen molar-refractivity contribution in [3.05, 3.63) is 95.1 Å². The van der Waals surface area contributed by atoms with Crippen molar-refractivity contribution >= 4 is 6.47 Å². The van der Waals surface area contributed by atoms with E-state index in [1.165, 1.54) is 11.1 Å². The second-order valence-corrected chi connectivity index (χ2v) is 6.63. The van der Waals surface area contributed by atoms with Crippen LogP contribution in [0.3, 0.4) is 0 Å². The first-order chi connectivity index (χ1) is 12.6. The van der Waals surface area contributed by atoms with Gasteiger partial charge in [-0.1, -0.05) is 62.4 Å². The van der Waals surface area contributed by atoms with E-state index in [0.717, 1.165) is 11.1 Å². The molecule has 132 valence electrons. The molecule has 3 heteroatoms. The van der Waals surface area contributed by atoms with E-state index in [1.54, 1.807) is 24.3 Å². The average molecular weight is 346 g/mol. The van der Waals surface area contributed by atoms with Crippen molar-refractivity contribution in [1.82, 2.24) is 0 Å². The summed E-state index contributed by atoms with van der Waals surface area (Å²) >= 11 is 0. The van der Waals surface area contributed by atoms with Gasteiger partial charge in [0.15, 0.2) is 0 Å². The SMILES string of the molecule is CC(C)c1ccc(C(c2ccc(O)cc2)c2ccc(OC=O)cc2)cc1. The summed E-state index contributed by atoms with van der Waals surface area (Å²) in [6.45, 7) is 4.79. The number of ether oxygens (including phenoxy) is 1. The molecule has 1 atom stereocenters. The Morgan fingerprint density at radius 3 is 1.62 bits per heavy atom. The molecule has 0 fully saturated rings. The van der Waals surface area contributed by atoms with Crippen molar-refractivity contribution in [2.75, 3.05) is 0 Å². The van der Waals surface area contributed by atoms with E-state index in [-0.39, 0.29) is 11.7 Å². The summed E-state index contributed by atoms with van der Waals surface area (Å²) in [5.74, 6) is 1.28. The molecule has 0 aliphatic carbocycles. The summed E-state index contributed by atoms with van der Waals surface area (Å²) in [6, 6.07) is 23.4. The lowest BCUT2D eigenvalue weighted by Gasteiger charge is -2.20. The molecule has 0 heterocycles. The molecule has 0 radical (unpaired) electrons. The van der Waals surface area contributed by atoms with Crippen LogP contribution in [-0.4, -0.2) is 11.6 Å². The second-order valence-electron chi connectivity index (χ2n) is 6.63. The third kappa shape index (κ3) is 3.94. The van der Waals surface area contributed by atoms with Gasteiger partial charge in [0.05, 0.1) is 0 Å². The van der Waals surface area contributed by atoms with Crippen molar-refractivity contribution in [3.63, 3.8) is 0 Å². The van der Waals surface area contributed by atoms with Gasteiger partial charge in [0.25, 0.3) is 6.47 Å². The Bertz CT molecular complexity index is 847. The number of hydrogen-bond acceptors (Lipinski definition) is 3. The van der Waals surface area contributed by atoms with Crippen LogP contribution >= 0.6 is 0 Å². The van der Waals surface area contributed by atoms with Gasteiger partial charge in [-0.25, -0.2) is 0 Å². The van der Waals surface area contributed by atoms with Gasteiger partial charge in [-0.2, -0.15) is 0 Å². The van der Waals surface area contributed by atoms with E-state index < -0.39 is 0 Å². The first-order valence-corrected chi connectivity index (χ1v) is 8.67. The van der Waals surface area contributed by atoms with Gasteiger partial charge >= 0.3 is 0 Å². The summed E-state index contributed by atoms with van der Waals surface area (Å²) in [5.41, 5.74) is 4.65. The maximum Gasteiger partial charge on any atom is 0.298 e. The van der Waals surface area contributed by atoms with Crippen LogP contribution in [0.2, 0.25) is 0 Å². The summed E-state index contributed by atoms with van der Waals surface area (Å²) in [6.07, 6.45) is 0. The number of carbonyl (C=O) groups is 1. The largest absolute Gasteiger partial charge is 0.508 e. The zero-order valence-electron chi connectivity index (χ0n) is 14.9. The minimum Gasteiger partial charge on any atom is -0.508 e. The number of hydrogen-bond donors (Lipinski definition) is 1. The molecule has 1 N–H and O–H groups in total. The monoisotopic (exact) mass is 346 g/mol. The highest BCUT2D eigenvalue weighted by Crippen LogP contribution is 2.34. The molecule has 3 aromatic carbocycles. The van der Waals surface area contributed by atoms with Gasteiger partial charge in [-0.15, -0.1) is 0 Å². The molecule has 0 aliphatic rings. The molecule has 0 aromatic heterocycles. The van der Waals surface area contributed by atoms with Crippen LogP contribution in [0.25, 0.3) is 0 Å². The topological polar surface area (TPSA) is 46.5 Å². The van der Waals surface area contributed by atoms with E-state index >= 15 is 0 Å². The molecule has 0 spiro atoms. The molecule has 3 rings (SSSR count). The molecular formula is C23H22O3. The van der Waals surface area contributed by atoms with Crippen molar-refractivity contribution < 1.29 is 14.6 Å². The fourth-order valence-electron chi connectivity index (χ4n) is 3.11. The Morgan fingerprint density at radius 2 is 1.15 bits per heavy atom. The van der Waals surface area contributed by atoms with E-state index in [4.69, 9.17) is 4.74 Å². The zero-order chi connectivity index (χ0) is 18.5. The lowest BCUT2D eigenvalue weighted by molar-refractivity contribution is -0.120. The Hall–Kier alpha value is -3.07. The highest BCUT2D eigenvalue weighted by molar-refractivity contribution is 5.49. The van der Waals surface area contributed by atoms with E-state index in [9.17, 15) is 9.90 Å². The number of rotatable bonds is 6. The maximum absolute atomic E-state index is 10.5. The third-order valence-electron chi connectivity index (χ3n) is 4.56. The average Bonchev–Trinajstić information content (AvgIpc) is 2.65. The van der Waals surface area contributed by atoms with Gasteiger partial charge in [0.2, 0.25) is 0 Å². The van der Waals surface area contributed by atoms with Crippen molar-refractivity contribution in [2.45, 2.75) is 25.7 Å². The Balaban J connectivity index is 2.03. The van der Waals surface area contributed by atoms with Crippen molar-refractivity contribution in [1.29, 1.82) is 0 Å². The molecule has 3 nitrogen and oxygen atoms in total. The summed E-state index contributed by atoms with van der Waals surface area (Å²) in [5, 5.41) is 9.62.